The highest BCUT2D eigenvalue weighted by atomic mass is 35.5. The molecule has 0 spiro atoms. The summed E-state index contributed by atoms with van der Waals surface area (Å²) in [5, 5.41) is 10.9. The lowest BCUT2D eigenvalue weighted by Gasteiger charge is -2.22. The molecule has 0 radical (unpaired) electrons. The van der Waals surface area contributed by atoms with Crippen LogP contribution in [0.4, 0.5) is 0 Å². The highest BCUT2D eigenvalue weighted by Crippen LogP contribution is 2.21. The lowest BCUT2D eigenvalue weighted by atomic mass is 10.0. The molecule has 152 valence electrons. The largest absolute Gasteiger partial charge is 0.347 e. The first-order valence-electron chi connectivity index (χ1n) is 9.89. The second-order valence-electron chi connectivity index (χ2n) is 7.43. The van der Waals surface area contributed by atoms with E-state index in [0.29, 0.717) is 18.3 Å². The average Bonchev–Trinajstić information content (AvgIpc) is 3.23. The van der Waals surface area contributed by atoms with Crippen molar-refractivity contribution in [3.8, 4) is 11.1 Å². The minimum atomic E-state index is -0.136. The third-order valence-electron chi connectivity index (χ3n) is 5.22. The van der Waals surface area contributed by atoms with Crippen LogP contribution in [0.15, 0.2) is 60.8 Å². The Hall–Kier alpha value is -2.63. The first-order chi connectivity index (χ1) is 13.7. The number of aryl methyl sites for hydroxylation is 1. The SMILES string of the molecule is Cc1cccc(-c2cccc(CNC(=O)c3ccn(C4CCCNC4)n3)c2)c1.Cl. The van der Waals surface area contributed by atoms with Gasteiger partial charge in [-0.25, -0.2) is 0 Å². The van der Waals surface area contributed by atoms with Crippen LogP contribution >= 0.6 is 12.4 Å². The van der Waals surface area contributed by atoms with Gasteiger partial charge in [0, 0.05) is 19.3 Å². The van der Waals surface area contributed by atoms with Crippen molar-refractivity contribution < 1.29 is 4.79 Å². The number of aromatic nitrogens is 2. The molecule has 2 aromatic carbocycles. The van der Waals surface area contributed by atoms with Crippen LogP contribution in [0, 0.1) is 6.92 Å². The van der Waals surface area contributed by atoms with Gasteiger partial charge in [-0.1, -0.05) is 48.0 Å². The molecule has 3 aromatic rings. The van der Waals surface area contributed by atoms with Gasteiger partial charge in [0.1, 0.15) is 5.69 Å². The van der Waals surface area contributed by atoms with E-state index in [1.54, 1.807) is 6.07 Å². The molecule has 1 saturated heterocycles. The molecule has 0 bridgehead atoms. The maximum Gasteiger partial charge on any atom is 0.272 e. The fourth-order valence-electron chi connectivity index (χ4n) is 3.68. The van der Waals surface area contributed by atoms with Gasteiger partial charge in [0.15, 0.2) is 0 Å². The van der Waals surface area contributed by atoms with Crippen LogP contribution < -0.4 is 10.6 Å². The Kier molecular flexibility index (Phi) is 7.07. The normalized spacial score (nSPS) is 16.1. The maximum absolute atomic E-state index is 12.5. The van der Waals surface area contributed by atoms with E-state index in [1.807, 2.05) is 23.0 Å². The lowest BCUT2D eigenvalue weighted by molar-refractivity contribution is 0.0944. The Morgan fingerprint density at radius 1 is 1.17 bits per heavy atom. The molecule has 1 unspecified atom stereocenters. The summed E-state index contributed by atoms with van der Waals surface area (Å²) in [6.45, 7) is 4.55. The van der Waals surface area contributed by atoms with Crippen LogP contribution in [-0.4, -0.2) is 28.8 Å². The summed E-state index contributed by atoms with van der Waals surface area (Å²) in [7, 11) is 0. The fourth-order valence-corrected chi connectivity index (χ4v) is 3.68. The number of benzene rings is 2. The molecule has 0 aliphatic carbocycles. The average molecular weight is 411 g/mol. The number of amides is 1. The smallest absolute Gasteiger partial charge is 0.272 e. The monoisotopic (exact) mass is 410 g/mol. The highest BCUT2D eigenvalue weighted by molar-refractivity contribution is 5.92. The number of nitrogens with zero attached hydrogens (tertiary/aromatic N) is 2. The molecule has 1 aliphatic heterocycles. The first kappa shape index (κ1) is 21.1. The van der Waals surface area contributed by atoms with Gasteiger partial charge < -0.3 is 10.6 Å². The van der Waals surface area contributed by atoms with Gasteiger partial charge in [-0.15, -0.1) is 12.4 Å². The number of hydrogen-bond acceptors (Lipinski definition) is 3. The molecule has 6 heteroatoms. The Labute approximate surface area is 177 Å². The quantitative estimate of drug-likeness (QED) is 0.664. The van der Waals surface area contributed by atoms with Crippen LogP contribution in [0.3, 0.4) is 0 Å². The summed E-state index contributed by atoms with van der Waals surface area (Å²) >= 11 is 0. The number of carbonyl (C=O) groups excluding carboxylic acids is 1. The molecule has 2 heterocycles. The molecule has 1 atom stereocenters. The van der Waals surface area contributed by atoms with Gasteiger partial charge in [0.05, 0.1) is 6.04 Å². The summed E-state index contributed by atoms with van der Waals surface area (Å²) in [5.74, 6) is -0.136. The van der Waals surface area contributed by atoms with E-state index in [0.717, 1.165) is 37.1 Å². The minimum Gasteiger partial charge on any atom is -0.347 e. The molecule has 0 saturated carbocycles. The van der Waals surface area contributed by atoms with E-state index in [4.69, 9.17) is 0 Å². The van der Waals surface area contributed by atoms with Gasteiger partial charge in [-0.3, -0.25) is 9.48 Å². The van der Waals surface area contributed by atoms with Gasteiger partial charge in [0.2, 0.25) is 0 Å². The molecular formula is C23H27ClN4O. The predicted molar refractivity (Wildman–Crippen MR) is 118 cm³/mol. The number of carbonyl (C=O) groups is 1. The van der Waals surface area contributed by atoms with Crippen molar-refractivity contribution in [1.29, 1.82) is 0 Å². The molecule has 4 rings (SSSR count). The Morgan fingerprint density at radius 3 is 2.72 bits per heavy atom. The van der Waals surface area contributed by atoms with Crippen LogP contribution in [0.25, 0.3) is 11.1 Å². The van der Waals surface area contributed by atoms with Crippen LogP contribution in [0.2, 0.25) is 0 Å². The first-order valence-corrected chi connectivity index (χ1v) is 9.89. The van der Waals surface area contributed by atoms with Crippen molar-refractivity contribution in [2.45, 2.75) is 32.4 Å². The zero-order valence-corrected chi connectivity index (χ0v) is 17.4. The second kappa shape index (κ2) is 9.72. The standard InChI is InChI=1S/C23H26N4O.ClH/c1-17-5-2-7-19(13-17)20-8-3-6-18(14-20)15-25-23(28)22-10-12-27(26-22)21-9-4-11-24-16-21;/h2-3,5-8,10,12-14,21,24H,4,9,11,15-16H2,1H3,(H,25,28);1H. The van der Waals surface area contributed by atoms with Gasteiger partial charge in [-0.05, 0) is 55.1 Å². The molecular weight excluding hydrogens is 384 g/mol. The summed E-state index contributed by atoms with van der Waals surface area (Å²) in [4.78, 5) is 12.5. The van der Waals surface area contributed by atoms with E-state index in [2.05, 4.69) is 59.1 Å². The summed E-state index contributed by atoms with van der Waals surface area (Å²) in [5.41, 5.74) is 5.13. The third-order valence-corrected chi connectivity index (χ3v) is 5.22. The number of rotatable bonds is 5. The van der Waals surface area contributed by atoms with Crippen molar-refractivity contribution in [1.82, 2.24) is 20.4 Å². The van der Waals surface area contributed by atoms with Crippen molar-refractivity contribution in [3.63, 3.8) is 0 Å². The molecule has 5 nitrogen and oxygen atoms in total. The Morgan fingerprint density at radius 2 is 1.97 bits per heavy atom. The number of hydrogen-bond donors (Lipinski definition) is 2. The zero-order chi connectivity index (χ0) is 19.3. The van der Waals surface area contributed by atoms with Crippen molar-refractivity contribution in [2.75, 3.05) is 13.1 Å². The van der Waals surface area contributed by atoms with Crippen LogP contribution in [-0.2, 0) is 6.54 Å². The Balaban J connectivity index is 0.00000240. The predicted octanol–water partition coefficient (Wildman–Crippen LogP) is 4.13. The van der Waals surface area contributed by atoms with E-state index >= 15 is 0 Å². The van der Waals surface area contributed by atoms with E-state index in [1.165, 1.54) is 11.1 Å². The van der Waals surface area contributed by atoms with E-state index in [9.17, 15) is 4.79 Å². The number of nitrogens with one attached hydrogen (secondary N) is 2. The molecule has 29 heavy (non-hydrogen) atoms. The van der Waals surface area contributed by atoms with Crippen molar-refractivity contribution >= 4 is 18.3 Å². The molecule has 1 fully saturated rings. The lowest BCUT2D eigenvalue weighted by Crippen LogP contribution is -2.32. The zero-order valence-electron chi connectivity index (χ0n) is 16.6. The highest BCUT2D eigenvalue weighted by Gasteiger charge is 2.17. The third kappa shape index (κ3) is 5.25. The second-order valence-corrected chi connectivity index (χ2v) is 7.43. The van der Waals surface area contributed by atoms with Crippen LogP contribution in [0.5, 0.6) is 0 Å². The summed E-state index contributed by atoms with van der Waals surface area (Å²) in [6.07, 6.45) is 4.15. The molecule has 1 amide bonds. The molecule has 2 N–H and O–H groups in total. The fraction of sp³-hybridized carbons (Fsp3) is 0.304. The number of halogens is 1. The molecule has 1 aliphatic rings. The number of piperidine rings is 1. The molecule has 1 aromatic heterocycles. The topological polar surface area (TPSA) is 59.0 Å². The van der Waals surface area contributed by atoms with E-state index in [-0.39, 0.29) is 18.3 Å². The van der Waals surface area contributed by atoms with E-state index < -0.39 is 0 Å². The van der Waals surface area contributed by atoms with Crippen LogP contribution in [0.1, 0.15) is 40.5 Å². The maximum atomic E-state index is 12.5. The van der Waals surface area contributed by atoms with Gasteiger partial charge in [-0.2, -0.15) is 5.10 Å². The summed E-state index contributed by atoms with van der Waals surface area (Å²) in [6, 6.07) is 18.9. The Bertz CT molecular complexity index is 963. The minimum absolute atomic E-state index is 0. The van der Waals surface area contributed by atoms with Crippen molar-refractivity contribution in [2.24, 2.45) is 0 Å². The summed E-state index contributed by atoms with van der Waals surface area (Å²) < 4.78 is 1.92. The van der Waals surface area contributed by atoms with Gasteiger partial charge >= 0.3 is 0 Å². The van der Waals surface area contributed by atoms with Crippen molar-refractivity contribution in [3.05, 3.63) is 77.6 Å². The van der Waals surface area contributed by atoms with Gasteiger partial charge in [0.25, 0.3) is 5.91 Å².